The highest BCUT2D eigenvalue weighted by molar-refractivity contribution is 6.62. The lowest BCUT2D eigenvalue weighted by Gasteiger charge is -2.32. The fraction of sp³-hybridized carbons (Fsp3) is 0.714. The minimum Gasteiger partial charge on any atom is -0.492 e. The minimum absolute atomic E-state index is 0.314. The van der Waals surface area contributed by atoms with E-state index in [1.807, 2.05) is 24.3 Å². The number of likely N-dealkylation sites (N-methyl/N-ethyl adjacent to an activating group) is 1. The number of ether oxygens (including phenoxy) is 1. The Morgan fingerprint density at radius 1 is 1.11 bits per heavy atom. The molecule has 0 N–H and O–H groups in total. The largest absolute Gasteiger partial charge is 0.494 e. The topological polar surface area (TPSA) is 34.2 Å². The summed E-state index contributed by atoms with van der Waals surface area (Å²) in [6, 6.07) is 8.78. The number of hydrogen-bond acceptors (Lipinski definition) is 5. The minimum atomic E-state index is -0.319. The molecular formula is C21H35BN2O3. The van der Waals surface area contributed by atoms with Crippen LogP contribution in [0.1, 0.15) is 40.5 Å². The second-order valence-electron chi connectivity index (χ2n) is 9.10. The highest BCUT2D eigenvalue weighted by atomic mass is 16.7. The molecule has 1 unspecified atom stereocenters. The maximum absolute atomic E-state index is 6.11. The van der Waals surface area contributed by atoms with Gasteiger partial charge in [-0.3, -0.25) is 4.90 Å². The van der Waals surface area contributed by atoms with E-state index in [9.17, 15) is 0 Å². The Bertz CT molecular complexity index is 602. The molecule has 5 nitrogen and oxygen atoms in total. The van der Waals surface area contributed by atoms with Crippen molar-refractivity contribution in [1.82, 2.24) is 9.80 Å². The molecule has 2 aliphatic heterocycles. The summed E-state index contributed by atoms with van der Waals surface area (Å²) >= 11 is 0. The van der Waals surface area contributed by atoms with Gasteiger partial charge in [0.1, 0.15) is 12.4 Å². The van der Waals surface area contributed by atoms with Crippen molar-refractivity contribution in [1.29, 1.82) is 0 Å². The maximum atomic E-state index is 6.11. The van der Waals surface area contributed by atoms with Gasteiger partial charge in [0.25, 0.3) is 0 Å². The Labute approximate surface area is 165 Å². The zero-order valence-electron chi connectivity index (χ0n) is 17.8. The molecule has 0 radical (unpaired) electrons. The first-order chi connectivity index (χ1) is 12.7. The van der Waals surface area contributed by atoms with Crippen molar-refractivity contribution in [3.8, 4) is 5.75 Å². The molecule has 1 atom stereocenters. The summed E-state index contributed by atoms with van der Waals surface area (Å²) in [5.41, 5.74) is 0.406. The van der Waals surface area contributed by atoms with Crippen LogP contribution in [0.3, 0.4) is 0 Å². The van der Waals surface area contributed by atoms with Gasteiger partial charge in [0.15, 0.2) is 0 Å². The van der Waals surface area contributed by atoms with Crippen molar-refractivity contribution in [2.75, 3.05) is 40.3 Å². The Morgan fingerprint density at radius 3 is 2.33 bits per heavy atom. The summed E-state index contributed by atoms with van der Waals surface area (Å²) in [5.74, 6) is 0.902. The summed E-state index contributed by atoms with van der Waals surface area (Å²) in [6.45, 7) is 12.3. The van der Waals surface area contributed by atoms with Crippen molar-refractivity contribution < 1.29 is 14.0 Å². The van der Waals surface area contributed by atoms with Crippen LogP contribution in [0.15, 0.2) is 24.3 Å². The van der Waals surface area contributed by atoms with Gasteiger partial charge < -0.3 is 18.9 Å². The summed E-state index contributed by atoms with van der Waals surface area (Å²) in [7, 11) is 3.98. The second kappa shape index (κ2) is 8.12. The summed E-state index contributed by atoms with van der Waals surface area (Å²) in [5, 5.41) is 0. The van der Waals surface area contributed by atoms with E-state index < -0.39 is 0 Å². The summed E-state index contributed by atoms with van der Waals surface area (Å²) in [4.78, 5) is 4.83. The number of benzene rings is 1. The summed E-state index contributed by atoms with van der Waals surface area (Å²) in [6.07, 6.45) is 2.59. The van der Waals surface area contributed by atoms with Gasteiger partial charge in [0, 0.05) is 19.1 Å². The zero-order valence-corrected chi connectivity index (χ0v) is 17.8. The van der Waals surface area contributed by atoms with E-state index in [0.717, 1.165) is 30.9 Å². The fourth-order valence-electron chi connectivity index (χ4n) is 3.80. The van der Waals surface area contributed by atoms with Crippen molar-refractivity contribution >= 4 is 12.6 Å². The molecule has 0 bridgehead atoms. The highest BCUT2D eigenvalue weighted by Gasteiger charge is 2.51. The molecule has 1 aromatic carbocycles. The zero-order chi connectivity index (χ0) is 19.7. The van der Waals surface area contributed by atoms with Gasteiger partial charge in [-0.2, -0.15) is 0 Å². The molecule has 2 fully saturated rings. The first kappa shape index (κ1) is 20.7. The molecular weight excluding hydrogens is 339 g/mol. The molecule has 0 aromatic heterocycles. The first-order valence-electron chi connectivity index (χ1n) is 10.2. The predicted molar refractivity (Wildman–Crippen MR) is 111 cm³/mol. The molecule has 150 valence electrons. The van der Waals surface area contributed by atoms with E-state index in [1.165, 1.54) is 19.4 Å². The molecule has 2 saturated heterocycles. The SMILES string of the molecule is CN(C)CC1CCCN1CCOc1ccc(B2OC(C)(C)C(C)(C)O2)cc1. The number of nitrogens with zero attached hydrogens (tertiary/aromatic N) is 2. The van der Waals surface area contributed by atoms with Crippen LogP contribution in [-0.2, 0) is 9.31 Å². The van der Waals surface area contributed by atoms with Crippen LogP contribution in [0.4, 0.5) is 0 Å². The quantitative estimate of drug-likeness (QED) is 0.685. The van der Waals surface area contributed by atoms with Gasteiger partial charge >= 0.3 is 7.12 Å². The van der Waals surface area contributed by atoms with Gasteiger partial charge in [0.05, 0.1) is 11.2 Å². The van der Waals surface area contributed by atoms with E-state index in [4.69, 9.17) is 14.0 Å². The van der Waals surface area contributed by atoms with Gasteiger partial charge in [-0.1, -0.05) is 12.1 Å². The van der Waals surface area contributed by atoms with Crippen molar-refractivity contribution in [2.24, 2.45) is 0 Å². The molecule has 0 amide bonds. The highest BCUT2D eigenvalue weighted by Crippen LogP contribution is 2.36. The van der Waals surface area contributed by atoms with Crippen molar-refractivity contribution in [2.45, 2.75) is 57.8 Å². The van der Waals surface area contributed by atoms with Crippen LogP contribution in [0.5, 0.6) is 5.75 Å². The van der Waals surface area contributed by atoms with Gasteiger partial charge in [0.2, 0.25) is 0 Å². The molecule has 1 aromatic rings. The van der Waals surface area contributed by atoms with Gasteiger partial charge in [-0.25, -0.2) is 0 Å². The third-order valence-electron chi connectivity index (χ3n) is 6.13. The molecule has 6 heteroatoms. The van der Waals surface area contributed by atoms with E-state index in [-0.39, 0.29) is 18.3 Å². The fourth-order valence-corrected chi connectivity index (χ4v) is 3.80. The normalized spacial score (nSPS) is 24.7. The monoisotopic (exact) mass is 374 g/mol. The smallest absolute Gasteiger partial charge is 0.492 e. The van der Waals surface area contributed by atoms with Crippen LogP contribution in [-0.4, -0.2) is 74.5 Å². The average Bonchev–Trinajstić information content (AvgIpc) is 3.09. The van der Waals surface area contributed by atoms with Crippen LogP contribution >= 0.6 is 0 Å². The number of hydrogen-bond donors (Lipinski definition) is 0. The second-order valence-corrected chi connectivity index (χ2v) is 9.10. The van der Waals surface area contributed by atoms with Crippen LogP contribution in [0.25, 0.3) is 0 Å². The van der Waals surface area contributed by atoms with E-state index in [2.05, 4.69) is 51.6 Å². The molecule has 3 rings (SSSR count). The summed E-state index contributed by atoms with van der Waals surface area (Å²) < 4.78 is 18.2. The molecule has 27 heavy (non-hydrogen) atoms. The lowest BCUT2D eigenvalue weighted by molar-refractivity contribution is 0.00578. The average molecular weight is 374 g/mol. The third kappa shape index (κ3) is 4.86. The van der Waals surface area contributed by atoms with Gasteiger partial charge in [-0.05, 0) is 78.8 Å². The Hall–Kier alpha value is -1.08. The Morgan fingerprint density at radius 2 is 1.74 bits per heavy atom. The van der Waals surface area contributed by atoms with E-state index >= 15 is 0 Å². The van der Waals surface area contributed by atoms with Crippen molar-refractivity contribution in [3.63, 3.8) is 0 Å². The molecule has 0 saturated carbocycles. The van der Waals surface area contributed by atoms with E-state index in [1.54, 1.807) is 0 Å². The standard InChI is InChI=1S/C21H35BN2O3/c1-20(2)21(3,4)27-22(26-20)17-9-11-19(12-10-17)25-15-14-24-13-7-8-18(24)16-23(5)6/h9-12,18H,7-8,13-16H2,1-6H3. The third-order valence-corrected chi connectivity index (χ3v) is 6.13. The number of rotatable bonds is 7. The van der Waals surface area contributed by atoms with Crippen molar-refractivity contribution in [3.05, 3.63) is 24.3 Å². The van der Waals surface area contributed by atoms with Crippen LogP contribution < -0.4 is 10.2 Å². The van der Waals surface area contributed by atoms with Gasteiger partial charge in [-0.15, -0.1) is 0 Å². The maximum Gasteiger partial charge on any atom is 0.494 e. The Balaban J connectivity index is 1.49. The molecule has 0 spiro atoms. The Kier molecular flexibility index (Phi) is 6.21. The van der Waals surface area contributed by atoms with Crippen LogP contribution in [0.2, 0.25) is 0 Å². The molecule has 0 aliphatic carbocycles. The van der Waals surface area contributed by atoms with E-state index in [0.29, 0.717) is 6.04 Å². The predicted octanol–water partition coefficient (Wildman–Crippen LogP) is 2.39. The molecule has 2 aliphatic rings. The molecule has 2 heterocycles. The number of likely N-dealkylation sites (tertiary alicyclic amines) is 1. The van der Waals surface area contributed by atoms with Crippen LogP contribution in [0, 0.1) is 0 Å². The first-order valence-corrected chi connectivity index (χ1v) is 10.2. The lowest BCUT2D eigenvalue weighted by Crippen LogP contribution is -2.41. The lowest BCUT2D eigenvalue weighted by atomic mass is 9.79.